The summed E-state index contributed by atoms with van der Waals surface area (Å²) < 4.78 is 3.60. The van der Waals surface area contributed by atoms with Crippen LogP contribution in [0.5, 0.6) is 0 Å². The summed E-state index contributed by atoms with van der Waals surface area (Å²) in [5.74, 6) is 0.853. The van der Waals surface area contributed by atoms with Gasteiger partial charge < -0.3 is 9.80 Å². The lowest BCUT2D eigenvalue weighted by atomic mass is 10.1. The van der Waals surface area contributed by atoms with E-state index in [1.165, 1.54) is 0 Å². The molecule has 3 aromatic heterocycles. The number of carbonyl (C=O) groups excluding carboxylic acids is 1. The Hall–Kier alpha value is -3.85. The maximum absolute atomic E-state index is 12.5. The molecule has 0 unspecified atom stereocenters. The Bertz CT molecular complexity index is 1270. The predicted octanol–water partition coefficient (Wildman–Crippen LogP) is 2.57. The van der Waals surface area contributed by atoms with Gasteiger partial charge in [0.1, 0.15) is 0 Å². The molecule has 0 aliphatic carbocycles. The van der Waals surface area contributed by atoms with Crippen LogP contribution in [0.1, 0.15) is 6.42 Å². The first kappa shape index (κ1) is 22.0. The molecule has 4 aromatic rings. The zero-order chi connectivity index (χ0) is 23.5. The van der Waals surface area contributed by atoms with Crippen molar-refractivity contribution in [3.05, 3.63) is 61.4 Å². The molecular formula is C25H28N8O. The van der Waals surface area contributed by atoms with E-state index in [4.69, 9.17) is 0 Å². The topological polar surface area (TPSA) is 85.0 Å². The second-order valence-corrected chi connectivity index (χ2v) is 8.70. The summed E-state index contributed by atoms with van der Waals surface area (Å²) in [7, 11) is 3.99. The molecule has 0 N–H and O–H groups in total. The van der Waals surface area contributed by atoms with Gasteiger partial charge in [-0.05, 0) is 18.7 Å². The van der Waals surface area contributed by atoms with Crippen molar-refractivity contribution in [1.29, 1.82) is 0 Å². The molecule has 0 spiro atoms. The number of amides is 1. The fourth-order valence-electron chi connectivity index (χ4n) is 4.09. The molecule has 174 valence electrons. The van der Waals surface area contributed by atoms with E-state index in [2.05, 4.69) is 44.2 Å². The molecule has 1 saturated heterocycles. The second-order valence-electron chi connectivity index (χ2n) is 8.70. The number of benzene rings is 1. The van der Waals surface area contributed by atoms with Gasteiger partial charge in [0.25, 0.3) is 0 Å². The quantitative estimate of drug-likeness (QED) is 0.443. The molecule has 5 rings (SSSR count). The summed E-state index contributed by atoms with van der Waals surface area (Å²) >= 11 is 0. The zero-order valence-electron chi connectivity index (χ0n) is 19.5. The first-order valence-electron chi connectivity index (χ1n) is 11.5. The van der Waals surface area contributed by atoms with Crippen LogP contribution < -0.4 is 0 Å². The summed E-state index contributed by atoms with van der Waals surface area (Å²) in [6.45, 7) is 4.02. The van der Waals surface area contributed by atoms with E-state index in [9.17, 15) is 4.79 Å². The highest BCUT2D eigenvalue weighted by Crippen LogP contribution is 2.25. The molecule has 9 heteroatoms. The third-order valence-corrected chi connectivity index (χ3v) is 6.19. The largest absolute Gasteiger partial charge is 0.340 e. The summed E-state index contributed by atoms with van der Waals surface area (Å²) in [5, 5.41) is 8.67. The van der Waals surface area contributed by atoms with Crippen molar-refractivity contribution in [3.63, 3.8) is 0 Å². The number of carbonyl (C=O) groups is 1. The van der Waals surface area contributed by atoms with E-state index in [-0.39, 0.29) is 5.91 Å². The fourth-order valence-corrected chi connectivity index (χ4v) is 4.09. The smallest absolute Gasteiger partial charge is 0.224 e. The minimum absolute atomic E-state index is 0.186. The number of hydrogen-bond donors (Lipinski definition) is 0. The second kappa shape index (κ2) is 9.56. The minimum Gasteiger partial charge on any atom is -0.340 e. The van der Waals surface area contributed by atoms with Gasteiger partial charge in [0.15, 0.2) is 5.82 Å². The average Bonchev–Trinajstić information content (AvgIpc) is 3.52. The van der Waals surface area contributed by atoms with Crippen molar-refractivity contribution in [1.82, 2.24) is 39.3 Å². The number of rotatable bonds is 6. The van der Waals surface area contributed by atoms with Crippen LogP contribution in [-0.2, 0) is 18.4 Å². The van der Waals surface area contributed by atoms with Gasteiger partial charge in [0, 0.05) is 93.2 Å². The molecule has 1 aliphatic rings. The zero-order valence-corrected chi connectivity index (χ0v) is 19.5. The third kappa shape index (κ3) is 4.89. The van der Waals surface area contributed by atoms with E-state index >= 15 is 0 Å². The van der Waals surface area contributed by atoms with Crippen LogP contribution in [0.4, 0.5) is 0 Å². The highest BCUT2D eigenvalue weighted by atomic mass is 16.2. The summed E-state index contributed by atoms with van der Waals surface area (Å²) in [4.78, 5) is 25.8. The molecule has 1 amide bonds. The lowest BCUT2D eigenvalue weighted by Gasteiger charge is -2.32. The van der Waals surface area contributed by atoms with Gasteiger partial charge in [0.05, 0.1) is 12.4 Å². The summed E-state index contributed by atoms with van der Waals surface area (Å²) in [5.41, 5.74) is 4.91. The van der Waals surface area contributed by atoms with Crippen LogP contribution in [0, 0.1) is 0 Å². The van der Waals surface area contributed by atoms with Crippen molar-refractivity contribution < 1.29 is 4.79 Å². The van der Waals surface area contributed by atoms with Crippen molar-refractivity contribution in [3.8, 4) is 33.6 Å². The van der Waals surface area contributed by atoms with Gasteiger partial charge in [-0.15, -0.1) is 0 Å². The number of aryl methyl sites for hydroxylation is 2. The first-order valence-corrected chi connectivity index (χ1v) is 11.5. The van der Waals surface area contributed by atoms with E-state index in [1.807, 2.05) is 59.7 Å². The Labute approximate surface area is 198 Å². The van der Waals surface area contributed by atoms with Crippen molar-refractivity contribution in [2.24, 2.45) is 7.05 Å². The Morgan fingerprint density at radius 3 is 2.26 bits per heavy atom. The maximum atomic E-state index is 12.5. The van der Waals surface area contributed by atoms with Gasteiger partial charge in [-0.3, -0.25) is 14.2 Å². The predicted molar refractivity (Wildman–Crippen MR) is 130 cm³/mol. The van der Waals surface area contributed by atoms with Crippen LogP contribution in [0.15, 0.2) is 61.4 Å². The van der Waals surface area contributed by atoms with E-state index in [0.29, 0.717) is 18.8 Å². The molecule has 9 nitrogen and oxygen atoms in total. The SMILES string of the molecule is CN1CCN(C(=O)CCn2cc(-c3cnc(-c4cccc(-c5cnn(C)c5)c4)nc3)cn2)CC1. The minimum atomic E-state index is 0.186. The maximum Gasteiger partial charge on any atom is 0.224 e. The molecule has 34 heavy (non-hydrogen) atoms. The number of aromatic nitrogens is 6. The molecule has 1 aliphatic heterocycles. The molecule has 4 heterocycles. The van der Waals surface area contributed by atoms with E-state index < -0.39 is 0 Å². The molecular weight excluding hydrogens is 428 g/mol. The van der Waals surface area contributed by atoms with Crippen LogP contribution in [0.2, 0.25) is 0 Å². The first-order chi connectivity index (χ1) is 16.5. The van der Waals surface area contributed by atoms with Crippen molar-refractivity contribution in [2.45, 2.75) is 13.0 Å². The normalized spacial score (nSPS) is 14.5. The highest BCUT2D eigenvalue weighted by Gasteiger charge is 2.18. The molecule has 0 bridgehead atoms. The lowest BCUT2D eigenvalue weighted by Crippen LogP contribution is -2.47. The van der Waals surface area contributed by atoms with Crippen LogP contribution in [-0.4, -0.2) is 78.5 Å². The Kier molecular flexibility index (Phi) is 6.18. The standard InChI is InChI=1S/C25H28N8O/c1-30-8-10-32(11-9-30)24(34)6-7-33-18-23(16-29-33)21-13-26-25(27-14-21)20-5-3-4-19(12-20)22-15-28-31(2)17-22/h3-5,12-18H,6-11H2,1-2H3. The monoisotopic (exact) mass is 456 g/mol. The number of hydrogen-bond acceptors (Lipinski definition) is 6. The number of likely N-dealkylation sites (N-methyl/N-ethyl adjacent to an activating group) is 1. The Balaban J connectivity index is 1.23. The van der Waals surface area contributed by atoms with Crippen molar-refractivity contribution >= 4 is 5.91 Å². The van der Waals surface area contributed by atoms with E-state index in [1.54, 1.807) is 10.9 Å². The molecule has 0 radical (unpaired) electrons. The van der Waals surface area contributed by atoms with Gasteiger partial charge in [-0.2, -0.15) is 10.2 Å². The third-order valence-electron chi connectivity index (χ3n) is 6.19. The summed E-state index contributed by atoms with van der Waals surface area (Å²) in [6, 6.07) is 8.13. The number of piperazine rings is 1. The number of nitrogens with zero attached hydrogens (tertiary/aromatic N) is 8. The Morgan fingerprint density at radius 1 is 0.824 bits per heavy atom. The van der Waals surface area contributed by atoms with Gasteiger partial charge in [-0.1, -0.05) is 18.2 Å². The van der Waals surface area contributed by atoms with Crippen LogP contribution in [0.3, 0.4) is 0 Å². The van der Waals surface area contributed by atoms with Gasteiger partial charge in [0.2, 0.25) is 5.91 Å². The van der Waals surface area contributed by atoms with Crippen LogP contribution >= 0.6 is 0 Å². The molecule has 1 fully saturated rings. The highest BCUT2D eigenvalue weighted by molar-refractivity contribution is 5.76. The average molecular weight is 457 g/mol. The fraction of sp³-hybridized carbons (Fsp3) is 0.320. The molecule has 0 saturated carbocycles. The molecule has 0 atom stereocenters. The van der Waals surface area contributed by atoms with Gasteiger partial charge >= 0.3 is 0 Å². The van der Waals surface area contributed by atoms with Crippen molar-refractivity contribution in [2.75, 3.05) is 33.2 Å². The molecule has 1 aromatic carbocycles. The Morgan fingerprint density at radius 2 is 1.53 bits per heavy atom. The van der Waals surface area contributed by atoms with Crippen LogP contribution in [0.25, 0.3) is 33.6 Å². The lowest BCUT2D eigenvalue weighted by molar-refractivity contribution is -0.133. The summed E-state index contributed by atoms with van der Waals surface area (Å²) in [6.07, 6.45) is 11.7. The van der Waals surface area contributed by atoms with Gasteiger partial charge in [-0.25, -0.2) is 9.97 Å². The van der Waals surface area contributed by atoms with E-state index in [0.717, 1.165) is 54.0 Å².